The maximum absolute atomic E-state index is 11.9. The molecule has 8 nitrogen and oxygen atoms in total. The van der Waals surface area contributed by atoms with Gasteiger partial charge in [0.05, 0.1) is 32.2 Å². The van der Waals surface area contributed by atoms with Gasteiger partial charge in [0, 0.05) is 11.3 Å². The second-order valence-corrected chi connectivity index (χ2v) is 5.40. The Morgan fingerprint density at radius 3 is 2.80 bits per heavy atom. The van der Waals surface area contributed by atoms with Crippen molar-refractivity contribution in [1.82, 2.24) is 14.2 Å². The van der Waals surface area contributed by atoms with Crippen LogP contribution in [0.5, 0.6) is 11.5 Å². The number of hydrogen-bond donors (Lipinski definition) is 2. The van der Waals surface area contributed by atoms with E-state index >= 15 is 0 Å². The van der Waals surface area contributed by atoms with Crippen molar-refractivity contribution in [2.24, 2.45) is 5.10 Å². The van der Waals surface area contributed by atoms with Crippen LogP contribution in [0, 0.1) is 0 Å². The van der Waals surface area contributed by atoms with Gasteiger partial charge in [-0.1, -0.05) is 6.07 Å². The molecule has 0 bridgehead atoms. The number of amides is 2. The van der Waals surface area contributed by atoms with E-state index < -0.39 is 6.03 Å². The molecule has 0 spiro atoms. The average molecular weight is 357 g/mol. The van der Waals surface area contributed by atoms with Crippen molar-refractivity contribution in [3.05, 3.63) is 42.0 Å². The highest BCUT2D eigenvalue weighted by Gasteiger charge is 2.08. The second-order valence-electron chi connectivity index (χ2n) is 4.87. The number of para-hydroxylation sites is 1. The molecule has 0 fully saturated rings. The zero-order valence-corrected chi connectivity index (χ0v) is 14.3. The Balaban J connectivity index is 1.64. The lowest BCUT2D eigenvalue weighted by atomic mass is 10.2. The number of carbonyl (C=O) groups excluding carboxylic acids is 1. The van der Waals surface area contributed by atoms with Gasteiger partial charge in [0.2, 0.25) is 0 Å². The van der Waals surface area contributed by atoms with Gasteiger partial charge in [-0.15, -0.1) is 0 Å². The zero-order chi connectivity index (χ0) is 17.6. The van der Waals surface area contributed by atoms with Crippen LogP contribution in [0.25, 0.3) is 11.0 Å². The van der Waals surface area contributed by atoms with Crippen molar-refractivity contribution in [3.8, 4) is 11.5 Å². The molecule has 128 valence electrons. The van der Waals surface area contributed by atoms with E-state index in [1.807, 2.05) is 0 Å². The second kappa shape index (κ2) is 7.58. The summed E-state index contributed by atoms with van der Waals surface area (Å²) < 4.78 is 18.7. The summed E-state index contributed by atoms with van der Waals surface area (Å²) in [4.78, 5) is 11.9. The van der Waals surface area contributed by atoms with Gasteiger partial charge in [0.25, 0.3) is 0 Å². The topological polar surface area (TPSA) is 97.7 Å². The fourth-order valence-electron chi connectivity index (χ4n) is 2.19. The number of benzene rings is 2. The smallest absolute Gasteiger partial charge is 0.339 e. The molecule has 0 aliphatic heterocycles. The summed E-state index contributed by atoms with van der Waals surface area (Å²) in [6.45, 7) is 0. The van der Waals surface area contributed by atoms with Crippen LogP contribution in [0.3, 0.4) is 0 Å². The summed E-state index contributed by atoms with van der Waals surface area (Å²) in [6.07, 6.45) is 1.48. The summed E-state index contributed by atoms with van der Waals surface area (Å²) in [7, 11) is 3.10. The molecule has 2 aromatic carbocycles. The van der Waals surface area contributed by atoms with Crippen LogP contribution in [0.4, 0.5) is 10.5 Å². The first kappa shape index (κ1) is 16.7. The Morgan fingerprint density at radius 2 is 2.00 bits per heavy atom. The maximum Gasteiger partial charge on any atom is 0.339 e. The largest absolute Gasteiger partial charge is 0.493 e. The van der Waals surface area contributed by atoms with Crippen molar-refractivity contribution >= 4 is 40.7 Å². The van der Waals surface area contributed by atoms with E-state index in [1.54, 1.807) is 50.6 Å². The lowest BCUT2D eigenvalue weighted by Gasteiger charge is -2.09. The minimum absolute atomic E-state index is 0.472. The van der Waals surface area contributed by atoms with Crippen LogP contribution in [0.1, 0.15) is 5.56 Å². The number of hydrazone groups is 1. The van der Waals surface area contributed by atoms with Crippen LogP contribution in [-0.4, -0.2) is 35.2 Å². The van der Waals surface area contributed by atoms with Crippen molar-refractivity contribution in [2.45, 2.75) is 0 Å². The first-order valence-corrected chi connectivity index (χ1v) is 7.97. The van der Waals surface area contributed by atoms with Crippen LogP contribution in [0.15, 0.2) is 41.5 Å². The molecule has 0 aliphatic rings. The number of rotatable bonds is 5. The molecule has 3 rings (SSSR count). The molecule has 0 atom stereocenters. The molecule has 0 saturated carbocycles. The van der Waals surface area contributed by atoms with Gasteiger partial charge in [0.15, 0.2) is 11.5 Å². The molecule has 0 saturated heterocycles. The van der Waals surface area contributed by atoms with Gasteiger partial charge in [-0.25, -0.2) is 10.2 Å². The van der Waals surface area contributed by atoms with Crippen molar-refractivity contribution in [2.75, 3.05) is 19.5 Å². The Labute approximate surface area is 147 Å². The molecule has 1 heterocycles. The first-order valence-electron chi connectivity index (χ1n) is 7.24. The number of nitrogens with one attached hydrogen (secondary N) is 2. The molecule has 9 heteroatoms. The quantitative estimate of drug-likeness (QED) is 0.540. The third-order valence-electron chi connectivity index (χ3n) is 3.31. The number of anilines is 1. The predicted molar refractivity (Wildman–Crippen MR) is 96.7 cm³/mol. The lowest BCUT2D eigenvalue weighted by molar-refractivity contribution is 0.252. The van der Waals surface area contributed by atoms with Gasteiger partial charge in [0.1, 0.15) is 11.0 Å². The normalized spacial score (nSPS) is 10.8. The Hall–Kier alpha value is -3.20. The monoisotopic (exact) mass is 357 g/mol. The molecular formula is C16H15N5O3S. The minimum atomic E-state index is -0.472. The fourth-order valence-corrected chi connectivity index (χ4v) is 2.71. The molecule has 0 radical (unpaired) electrons. The van der Waals surface area contributed by atoms with Gasteiger partial charge in [-0.3, -0.25) is 0 Å². The molecule has 2 N–H and O–H groups in total. The zero-order valence-electron chi connectivity index (χ0n) is 13.5. The van der Waals surface area contributed by atoms with Crippen LogP contribution < -0.4 is 20.2 Å². The maximum atomic E-state index is 11.9. The Bertz CT molecular complexity index is 925. The molecule has 2 amide bonds. The van der Waals surface area contributed by atoms with Crippen LogP contribution >= 0.6 is 11.7 Å². The highest BCUT2D eigenvalue weighted by molar-refractivity contribution is 7.00. The standard InChI is InChI=1S/C16H15N5O3S/c1-23-14-5-3-4-10(15(14)24-2)9-17-19-16(22)18-11-6-7-12-13(8-11)21-25-20-12/h3-9H,1-2H3,(H2,18,19,22)/b17-9+. The number of methoxy groups -OCH3 is 2. The number of ether oxygens (including phenoxy) is 2. The molecule has 3 aromatic rings. The molecular weight excluding hydrogens is 342 g/mol. The number of fused-ring (bicyclic) bond motifs is 1. The molecule has 0 aliphatic carbocycles. The van der Waals surface area contributed by atoms with Crippen molar-refractivity contribution < 1.29 is 14.3 Å². The summed E-state index contributed by atoms with van der Waals surface area (Å²) in [6, 6.07) is 10.2. The minimum Gasteiger partial charge on any atom is -0.493 e. The molecule has 25 heavy (non-hydrogen) atoms. The third-order valence-corrected chi connectivity index (χ3v) is 3.87. The van der Waals surface area contributed by atoms with E-state index in [-0.39, 0.29) is 0 Å². The highest BCUT2D eigenvalue weighted by Crippen LogP contribution is 2.29. The van der Waals surface area contributed by atoms with Crippen molar-refractivity contribution in [1.29, 1.82) is 0 Å². The van der Waals surface area contributed by atoms with E-state index in [1.165, 1.54) is 6.21 Å². The number of urea groups is 1. The summed E-state index contributed by atoms with van der Waals surface area (Å²) in [5.41, 5.74) is 5.20. The van der Waals surface area contributed by atoms with E-state index in [0.29, 0.717) is 22.7 Å². The number of hydrogen-bond acceptors (Lipinski definition) is 7. The predicted octanol–water partition coefficient (Wildman–Crippen LogP) is 2.86. The lowest BCUT2D eigenvalue weighted by Crippen LogP contribution is -2.24. The Kier molecular flexibility index (Phi) is 5.05. The number of nitrogens with zero attached hydrogens (tertiary/aromatic N) is 3. The van der Waals surface area contributed by atoms with E-state index in [0.717, 1.165) is 22.8 Å². The summed E-state index contributed by atoms with van der Waals surface area (Å²) in [5.74, 6) is 1.12. The van der Waals surface area contributed by atoms with E-state index in [2.05, 4.69) is 24.6 Å². The summed E-state index contributed by atoms with van der Waals surface area (Å²) in [5, 5.41) is 6.60. The average Bonchev–Trinajstić information content (AvgIpc) is 3.09. The first-order chi connectivity index (χ1) is 12.2. The van der Waals surface area contributed by atoms with E-state index in [9.17, 15) is 4.79 Å². The van der Waals surface area contributed by atoms with Crippen LogP contribution in [0.2, 0.25) is 0 Å². The molecule has 0 unspecified atom stereocenters. The van der Waals surface area contributed by atoms with E-state index in [4.69, 9.17) is 9.47 Å². The number of carbonyl (C=O) groups is 1. The van der Waals surface area contributed by atoms with Crippen molar-refractivity contribution in [3.63, 3.8) is 0 Å². The summed E-state index contributed by atoms with van der Waals surface area (Å²) >= 11 is 1.12. The third kappa shape index (κ3) is 3.83. The molecule has 1 aromatic heterocycles. The number of aromatic nitrogens is 2. The van der Waals surface area contributed by atoms with Gasteiger partial charge in [-0.2, -0.15) is 13.8 Å². The van der Waals surface area contributed by atoms with Gasteiger partial charge in [-0.05, 0) is 30.3 Å². The van der Waals surface area contributed by atoms with Gasteiger partial charge >= 0.3 is 6.03 Å². The fraction of sp³-hybridized carbons (Fsp3) is 0.125. The SMILES string of the molecule is COc1cccc(/C=N/NC(=O)Nc2ccc3nsnc3c2)c1OC. The Morgan fingerprint density at radius 1 is 1.16 bits per heavy atom. The van der Waals surface area contributed by atoms with Gasteiger partial charge < -0.3 is 14.8 Å². The highest BCUT2D eigenvalue weighted by atomic mass is 32.1. The van der Waals surface area contributed by atoms with Crippen LogP contribution in [-0.2, 0) is 0 Å².